The SMILES string of the molecule is CC1OCCC1NCC1CCCCC1. The maximum Gasteiger partial charge on any atom is 0.0700 e. The van der Waals surface area contributed by atoms with Gasteiger partial charge in [-0.3, -0.25) is 0 Å². The Hall–Kier alpha value is -0.0800. The van der Waals surface area contributed by atoms with E-state index in [0.717, 1.165) is 12.5 Å². The van der Waals surface area contributed by atoms with Crippen molar-refractivity contribution in [2.45, 2.75) is 57.6 Å². The number of rotatable bonds is 3. The molecule has 0 amide bonds. The summed E-state index contributed by atoms with van der Waals surface area (Å²) in [4.78, 5) is 0. The van der Waals surface area contributed by atoms with Crippen LogP contribution < -0.4 is 5.32 Å². The Bertz CT molecular complexity index is 166. The molecule has 0 aromatic carbocycles. The van der Waals surface area contributed by atoms with E-state index in [1.165, 1.54) is 45.1 Å². The fraction of sp³-hybridized carbons (Fsp3) is 1.00. The fourth-order valence-electron chi connectivity index (χ4n) is 2.71. The van der Waals surface area contributed by atoms with Crippen molar-refractivity contribution in [3.05, 3.63) is 0 Å². The largest absolute Gasteiger partial charge is 0.377 e. The zero-order valence-corrected chi connectivity index (χ0v) is 9.30. The lowest BCUT2D eigenvalue weighted by Gasteiger charge is -2.24. The van der Waals surface area contributed by atoms with Crippen molar-refractivity contribution in [2.75, 3.05) is 13.2 Å². The molecule has 2 atom stereocenters. The summed E-state index contributed by atoms with van der Waals surface area (Å²) in [6, 6.07) is 0.622. The van der Waals surface area contributed by atoms with Crippen LogP contribution in [0.25, 0.3) is 0 Å². The van der Waals surface area contributed by atoms with E-state index in [1.54, 1.807) is 0 Å². The quantitative estimate of drug-likeness (QED) is 0.750. The van der Waals surface area contributed by atoms with Gasteiger partial charge in [0.05, 0.1) is 6.10 Å². The van der Waals surface area contributed by atoms with E-state index < -0.39 is 0 Å². The van der Waals surface area contributed by atoms with Gasteiger partial charge in [-0.2, -0.15) is 0 Å². The van der Waals surface area contributed by atoms with Gasteiger partial charge in [-0.15, -0.1) is 0 Å². The molecule has 0 aromatic rings. The van der Waals surface area contributed by atoms with Gasteiger partial charge in [0.25, 0.3) is 0 Å². The molecule has 2 rings (SSSR count). The third-order valence-electron chi connectivity index (χ3n) is 3.77. The molecule has 1 saturated heterocycles. The van der Waals surface area contributed by atoms with E-state index in [-0.39, 0.29) is 0 Å². The van der Waals surface area contributed by atoms with Crippen molar-refractivity contribution in [3.8, 4) is 0 Å². The Labute approximate surface area is 87.4 Å². The Kier molecular flexibility index (Phi) is 3.82. The molecule has 14 heavy (non-hydrogen) atoms. The van der Waals surface area contributed by atoms with Crippen molar-refractivity contribution >= 4 is 0 Å². The first-order valence-corrected chi connectivity index (χ1v) is 6.21. The number of nitrogens with one attached hydrogen (secondary N) is 1. The molecule has 1 saturated carbocycles. The van der Waals surface area contributed by atoms with Crippen LogP contribution in [0.2, 0.25) is 0 Å². The van der Waals surface area contributed by atoms with Crippen LogP contribution in [0.15, 0.2) is 0 Å². The molecule has 82 valence electrons. The second-order valence-corrected chi connectivity index (χ2v) is 4.88. The summed E-state index contributed by atoms with van der Waals surface area (Å²) >= 11 is 0. The molecule has 2 fully saturated rings. The predicted molar refractivity (Wildman–Crippen MR) is 58.4 cm³/mol. The van der Waals surface area contributed by atoms with Crippen LogP contribution in [0.5, 0.6) is 0 Å². The minimum atomic E-state index is 0.429. The average molecular weight is 197 g/mol. The third kappa shape index (κ3) is 2.71. The van der Waals surface area contributed by atoms with Crippen molar-refractivity contribution < 1.29 is 4.74 Å². The van der Waals surface area contributed by atoms with Crippen LogP contribution in [0, 0.1) is 5.92 Å². The molecular formula is C12H23NO. The van der Waals surface area contributed by atoms with Crippen LogP contribution >= 0.6 is 0 Å². The monoisotopic (exact) mass is 197 g/mol. The predicted octanol–water partition coefficient (Wildman–Crippen LogP) is 2.33. The summed E-state index contributed by atoms with van der Waals surface area (Å²) in [5.74, 6) is 0.941. The van der Waals surface area contributed by atoms with Crippen LogP contribution in [0.4, 0.5) is 0 Å². The van der Waals surface area contributed by atoms with Crippen LogP contribution in [-0.2, 0) is 4.74 Å². The smallest absolute Gasteiger partial charge is 0.0700 e. The molecule has 1 aliphatic carbocycles. The topological polar surface area (TPSA) is 21.3 Å². The van der Waals surface area contributed by atoms with Gasteiger partial charge >= 0.3 is 0 Å². The third-order valence-corrected chi connectivity index (χ3v) is 3.77. The molecule has 1 N–H and O–H groups in total. The van der Waals surface area contributed by atoms with Crippen molar-refractivity contribution in [3.63, 3.8) is 0 Å². The summed E-state index contributed by atoms with van der Waals surface area (Å²) in [6.07, 6.45) is 8.86. The lowest BCUT2D eigenvalue weighted by atomic mass is 9.89. The summed E-state index contributed by atoms with van der Waals surface area (Å²) in [5.41, 5.74) is 0. The molecule has 0 radical (unpaired) electrons. The zero-order valence-electron chi connectivity index (χ0n) is 9.30. The first kappa shape index (κ1) is 10.4. The van der Waals surface area contributed by atoms with Gasteiger partial charge in [0.1, 0.15) is 0 Å². The maximum atomic E-state index is 5.54. The standard InChI is InChI=1S/C12H23NO/c1-10-12(7-8-14-10)13-9-11-5-3-2-4-6-11/h10-13H,2-9H2,1H3. The zero-order chi connectivity index (χ0) is 9.80. The van der Waals surface area contributed by atoms with E-state index in [1.807, 2.05) is 0 Å². The second-order valence-electron chi connectivity index (χ2n) is 4.88. The Morgan fingerprint density at radius 3 is 2.57 bits per heavy atom. The van der Waals surface area contributed by atoms with Crippen molar-refractivity contribution in [2.24, 2.45) is 5.92 Å². The van der Waals surface area contributed by atoms with Crippen molar-refractivity contribution in [1.82, 2.24) is 5.32 Å². The van der Waals surface area contributed by atoms with Crippen LogP contribution in [0.1, 0.15) is 45.4 Å². The molecule has 1 heterocycles. The maximum absolute atomic E-state index is 5.54. The highest BCUT2D eigenvalue weighted by Gasteiger charge is 2.24. The van der Waals surface area contributed by atoms with Gasteiger partial charge in [0, 0.05) is 12.6 Å². The number of ether oxygens (including phenoxy) is 1. The van der Waals surface area contributed by atoms with Gasteiger partial charge in [0.15, 0.2) is 0 Å². The minimum absolute atomic E-state index is 0.429. The molecular weight excluding hydrogens is 174 g/mol. The molecule has 0 spiro atoms. The molecule has 2 nitrogen and oxygen atoms in total. The highest BCUT2D eigenvalue weighted by atomic mass is 16.5. The van der Waals surface area contributed by atoms with E-state index in [4.69, 9.17) is 4.74 Å². The average Bonchev–Trinajstić information content (AvgIpc) is 2.63. The Morgan fingerprint density at radius 2 is 1.93 bits per heavy atom. The number of hydrogen-bond donors (Lipinski definition) is 1. The van der Waals surface area contributed by atoms with E-state index in [9.17, 15) is 0 Å². The normalized spacial score (nSPS) is 34.9. The van der Waals surface area contributed by atoms with Gasteiger partial charge < -0.3 is 10.1 Å². The summed E-state index contributed by atoms with van der Waals surface area (Å²) in [5, 5.41) is 3.68. The molecule has 1 aliphatic heterocycles. The summed E-state index contributed by atoms with van der Waals surface area (Å²) in [6.45, 7) is 4.35. The Morgan fingerprint density at radius 1 is 1.14 bits per heavy atom. The lowest BCUT2D eigenvalue weighted by Crippen LogP contribution is -2.38. The van der Waals surface area contributed by atoms with E-state index >= 15 is 0 Å². The molecule has 0 aromatic heterocycles. The van der Waals surface area contributed by atoms with Gasteiger partial charge in [0.2, 0.25) is 0 Å². The molecule has 2 unspecified atom stereocenters. The highest BCUT2D eigenvalue weighted by molar-refractivity contribution is 4.80. The van der Waals surface area contributed by atoms with Gasteiger partial charge in [-0.05, 0) is 38.6 Å². The van der Waals surface area contributed by atoms with E-state index in [2.05, 4.69) is 12.2 Å². The molecule has 2 aliphatic rings. The van der Waals surface area contributed by atoms with Crippen molar-refractivity contribution in [1.29, 1.82) is 0 Å². The fourth-order valence-corrected chi connectivity index (χ4v) is 2.71. The van der Waals surface area contributed by atoms with E-state index in [0.29, 0.717) is 12.1 Å². The molecule has 2 heteroatoms. The van der Waals surface area contributed by atoms with Crippen LogP contribution in [-0.4, -0.2) is 25.3 Å². The van der Waals surface area contributed by atoms with Gasteiger partial charge in [-0.1, -0.05) is 19.3 Å². The lowest BCUT2D eigenvalue weighted by molar-refractivity contribution is 0.112. The minimum Gasteiger partial charge on any atom is -0.377 e. The second kappa shape index (κ2) is 5.13. The summed E-state index contributed by atoms with van der Waals surface area (Å²) in [7, 11) is 0. The first-order chi connectivity index (χ1) is 6.86. The van der Waals surface area contributed by atoms with Crippen LogP contribution in [0.3, 0.4) is 0 Å². The number of hydrogen-bond acceptors (Lipinski definition) is 2. The van der Waals surface area contributed by atoms with Gasteiger partial charge in [-0.25, -0.2) is 0 Å². The first-order valence-electron chi connectivity index (χ1n) is 6.21. The summed E-state index contributed by atoms with van der Waals surface area (Å²) < 4.78 is 5.54. The molecule has 0 bridgehead atoms. The highest BCUT2D eigenvalue weighted by Crippen LogP contribution is 2.23. The Balaban J connectivity index is 1.65.